The predicted molar refractivity (Wildman–Crippen MR) is 52.7 cm³/mol. The molecule has 68 valence electrons. The van der Waals surface area contributed by atoms with Gasteiger partial charge in [0.1, 0.15) is 0 Å². The number of hydrogen-bond acceptors (Lipinski definition) is 0. The summed E-state index contributed by atoms with van der Waals surface area (Å²) in [4.78, 5) is 0. The second-order valence-corrected chi connectivity index (χ2v) is 5.24. The molecular weight excluding hydrogens is 132 g/mol. The van der Waals surface area contributed by atoms with Crippen molar-refractivity contribution in [1.29, 1.82) is 0 Å². The molecular formula is C11H24. The molecule has 0 aromatic carbocycles. The molecule has 0 N–H and O–H groups in total. The first-order valence-electron chi connectivity index (χ1n) is 4.84. The highest BCUT2D eigenvalue weighted by Gasteiger charge is 2.19. The first-order valence-corrected chi connectivity index (χ1v) is 4.84. The molecule has 0 radical (unpaired) electrons. The van der Waals surface area contributed by atoms with Crippen LogP contribution in [0.2, 0.25) is 0 Å². The van der Waals surface area contributed by atoms with Crippen molar-refractivity contribution in [2.45, 2.75) is 54.4 Å². The van der Waals surface area contributed by atoms with Crippen LogP contribution < -0.4 is 0 Å². The molecule has 0 aliphatic rings. The van der Waals surface area contributed by atoms with Crippen molar-refractivity contribution >= 4 is 0 Å². The SMILES string of the molecule is CC(C)CC[C@H](C)C(C)(C)C. The average molecular weight is 156 g/mol. The number of hydrogen-bond donors (Lipinski definition) is 0. The van der Waals surface area contributed by atoms with Gasteiger partial charge in [-0.1, -0.05) is 48.0 Å². The van der Waals surface area contributed by atoms with E-state index in [1.54, 1.807) is 0 Å². The molecule has 0 unspecified atom stereocenters. The van der Waals surface area contributed by atoms with Crippen LogP contribution in [-0.2, 0) is 0 Å². The lowest BCUT2D eigenvalue weighted by molar-refractivity contribution is 0.234. The van der Waals surface area contributed by atoms with Gasteiger partial charge in [-0.2, -0.15) is 0 Å². The lowest BCUT2D eigenvalue weighted by Crippen LogP contribution is -2.17. The monoisotopic (exact) mass is 156 g/mol. The Bertz CT molecular complexity index is 95.1. The van der Waals surface area contributed by atoms with Gasteiger partial charge in [0, 0.05) is 0 Å². The molecule has 0 fully saturated rings. The highest BCUT2D eigenvalue weighted by molar-refractivity contribution is 4.70. The van der Waals surface area contributed by atoms with Crippen molar-refractivity contribution in [2.24, 2.45) is 17.3 Å². The normalized spacial score (nSPS) is 15.5. The van der Waals surface area contributed by atoms with E-state index in [1.807, 2.05) is 0 Å². The Morgan fingerprint density at radius 1 is 0.909 bits per heavy atom. The van der Waals surface area contributed by atoms with Gasteiger partial charge in [-0.15, -0.1) is 0 Å². The van der Waals surface area contributed by atoms with Crippen LogP contribution in [-0.4, -0.2) is 0 Å². The fourth-order valence-electron chi connectivity index (χ4n) is 1.02. The van der Waals surface area contributed by atoms with Crippen LogP contribution in [0.4, 0.5) is 0 Å². The topological polar surface area (TPSA) is 0 Å². The van der Waals surface area contributed by atoms with Crippen molar-refractivity contribution < 1.29 is 0 Å². The highest BCUT2D eigenvalue weighted by atomic mass is 14.2. The van der Waals surface area contributed by atoms with Crippen LogP contribution in [0.3, 0.4) is 0 Å². The average Bonchev–Trinajstić information content (AvgIpc) is 1.80. The second-order valence-electron chi connectivity index (χ2n) is 5.24. The third kappa shape index (κ3) is 5.29. The van der Waals surface area contributed by atoms with Crippen LogP contribution in [0.5, 0.6) is 0 Å². The molecule has 0 aliphatic carbocycles. The summed E-state index contributed by atoms with van der Waals surface area (Å²) in [5.41, 5.74) is 0.495. The summed E-state index contributed by atoms with van der Waals surface area (Å²) in [7, 11) is 0. The maximum absolute atomic E-state index is 2.36. The van der Waals surface area contributed by atoms with Gasteiger partial charge in [-0.25, -0.2) is 0 Å². The zero-order chi connectivity index (χ0) is 9.07. The molecule has 11 heavy (non-hydrogen) atoms. The maximum atomic E-state index is 2.36. The van der Waals surface area contributed by atoms with E-state index in [4.69, 9.17) is 0 Å². The largest absolute Gasteiger partial charge is 0.0628 e. The molecule has 0 spiro atoms. The Balaban J connectivity index is 3.61. The third-order valence-corrected chi connectivity index (χ3v) is 2.66. The van der Waals surface area contributed by atoms with Crippen molar-refractivity contribution in [3.05, 3.63) is 0 Å². The van der Waals surface area contributed by atoms with Crippen molar-refractivity contribution in [1.82, 2.24) is 0 Å². The Kier molecular flexibility index (Phi) is 4.13. The maximum Gasteiger partial charge on any atom is -0.0357 e. The lowest BCUT2D eigenvalue weighted by atomic mass is 9.78. The summed E-state index contributed by atoms with van der Waals surface area (Å²) in [5, 5.41) is 0. The van der Waals surface area contributed by atoms with Crippen LogP contribution in [0, 0.1) is 17.3 Å². The molecule has 0 aliphatic heterocycles. The Labute approximate surface area is 72.4 Å². The Morgan fingerprint density at radius 2 is 1.36 bits per heavy atom. The van der Waals surface area contributed by atoms with E-state index in [9.17, 15) is 0 Å². The Morgan fingerprint density at radius 3 is 1.64 bits per heavy atom. The molecule has 0 heterocycles. The van der Waals surface area contributed by atoms with Gasteiger partial charge in [0.2, 0.25) is 0 Å². The second kappa shape index (κ2) is 4.13. The summed E-state index contributed by atoms with van der Waals surface area (Å²) in [6, 6.07) is 0. The molecule has 0 saturated carbocycles. The molecule has 0 heteroatoms. The van der Waals surface area contributed by atoms with E-state index < -0.39 is 0 Å². The lowest BCUT2D eigenvalue weighted by Gasteiger charge is -2.27. The van der Waals surface area contributed by atoms with E-state index >= 15 is 0 Å². The molecule has 0 saturated heterocycles. The van der Waals surface area contributed by atoms with Gasteiger partial charge in [-0.05, 0) is 23.7 Å². The molecule has 1 atom stereocenters. The molecule has 0 rings (SSSR count). The Hall–Kier alpha value is 0. The third-order valence-electron chi connectivity index (χ3n) is 2.66. The fraction of sp³-hybridized carbons (Fsp3) is 1.00. The van der Waals surface area contributed by atoms with Crippen LogP contribution >= 0.6 is 0 Å². The first-order chi connectivity index (χ1) is 4.84. The number of rotatable bonds is 3. The van der Waals surface area contributed by atoms with Gasteiger partial charge in [0.25, 0.3) is 0 Å². The van der Waals surface area contributed by atoms with Gasteiger partial charge in [0.05, 0.1) is 0 Å². The van der Waals surface area contributed by atoms with Gasteiger partial charge >= 0.3 is 0 Å². The van der Waals surface area contributed by atoms with Crippen LogP contribution in [0.15, 0.2) is 0 Å². The molecule has 0 aromatic rings. The minimum atomic E-state index is 0.495. The van der Waals surface area contributed by atoms with E-state index in [1.165, 1.54) is 12.8 Å². The predicted octanol–water partition coefficient (Wildman–Crippen LogP) is 4.10. The van der Waals surface area contributed by atoms with E-state index in [0.717, 1.165) is 11.8 Å². The smallest absolute Gasteiger partial charge is 0.0357 e. The minimum Gasteiger partial charge on any atom is -0.0628 e. The quantitative estimate of drug-likeness (QED) is 0.577. The first kappa shape index (κ1) is 11.0. The molecule has 0 nitrogen and oxygen atoms in total. The summed E-state index contributed by atoms with van der Waals surface area (Å²) < 4.78 is 0. The van der Waals surface area contributed by atoms with Crippen molar-refractivity contribution in [3.8, 4) is 0 Å². The van der Waals surface area contributed by atoms with Gasteiger partial charge in [-0.3, -0.25) is 0 Å². The van der Waals surface area contributed by atoms with E-state index in [0.29, 0.717) is 5.41 Å². The highest BCUT2D eigenvalue weighted by Crippen LogP contribution is 2.29. The van der Waals surface area contributed by atoms with Crippen molar-refractivity contribution in [3.63, 3.8) is 0 Å². The van der Waals surface area contributed by atoms with Gasteiger partial charge < -0.3 is 0 Å². The van der Waals surface area contributed by atoms with Crippen molar-refractivity contribution in [2.75, 3.05) is 0 Å². The summed E-state index contributed by atoms with van der Waals surface area (Å²) >= 11 is 0. The van der Waals surface area contributed by atoms with Crippen LogP contribution in [0.25, 0.3) is 0 Å². The van der Waals surface area contributed by atoms with E-state index in [-0.39, 0.29) is 0 Å². The minimum absolute atomic E-state index is 0.495. The summed E-state index contributed by atoms with van der Waals surface area (Å²) in [6.07, 6.45) is 2.75. The molecule has 0 aromatic heterocycles. The van der Waals surface area contributed by atoms with Crippen LogP contribution in [0.1, 0.15) is 54.4 Å². The molecule has 0 amide bonds. The summed E-state index contributed by atoms with van der Waals surface area (Å²) in [6.45, 7) is 14.0. The zero-order valence-corrected chi connectivity index (χ0v) is 9.07. The molecule has 0 bridgehead atoms. The van der Waals surface area contributed by atoms with Gasteiger partial charge in [0.15, 0.2) is 0 Å². The standard InChI is InChI=1S/C11H24/c1-9(2)7-8-10(3)11(4,5)6/h9-10H,7-8H2,1-6H3/t10-/m0/s1. The summed E-state index contributed by atoms with van der Waals surface area (Å²) in [5.74, 6) is 1.71. The zero-order valence-electron chi connectivity index (χ0n) is 9.07. The van der Waals surface area contributed by atoms with E-state index in [2.05, 4.69) is 41.5 Å². The fourth-order valence-corrected chi connectivity index (χ4v) is 1.02.